The van der Waals surface area contributed by atoms with E-state index in [1.54, 1.807) is 18.3 Å². The third-order valence-electron chi connectivity index (χ3n) is 5.21. The second kappa shape index (κ2) is 12.6. The number of pyridine rings is 3. The number of hydrogen-bond acceptors (Lipinski definition) is 3. The molecule has 12 heteroatoms. The van der Waals surface area contributed by atoms with Gasteiger partial charge in [-0.3, -0.25) is 9.97 Å². The van der Waals surface area contributed by atoms with Gasteiger partial charge in [-0.1, -0.05) is 53.7 Å². The van der Waals surface area contributed by atoms with E-state index in [1.165, 1.54) is 17.2 Å². The van der Waals surface area contributed by atoms with Crippen molar-refractivity contribution in [1.29, 1.82) is 0 Å². The van der Waals surface area contributed by atoms with Gasteiger partial charge in [-0.15, -0.1) is 29.8 Å². The van der Waals surface area contributed by atoms with Crippen LogP contribution in [0.1, 0.15) is 52.7 Å². The normalized spacial score (nSPS) is 13.2. The number of halogens is 7. The number of benzene rings is 1. The van der Waals surface area contributed by atoms with E-state index in [9.17, 15) is 29.6 Å². The predicted molar refractivity (Wildman–Crippen MR) is 147 cm³/mol. The van der Waals surface area contributed by atoms with E-state index in [1.807, 2.05) is 30.6 Å². The van der Waals surface area contributed by atoms with Crippen LogP contribution in [0.5, 0.6) is 0 Å². The summed E-state index contributed by atoms with van der Waals surface area (Å²) in [6, 6.07) is 21.4. The van der Waals surface area contributed by atoms with Gasteiger partial charge >= 0.3 is 33.0 Å². The van der Waals surface area contributed by atoms with Crippen molar-refractivity contribution in [2.45, 2.75) is 52.4 Å². The fraction of sp³-hybridized carbons (Fsp3) is 0.276. The Balaban J connectivity index is 0.000000344. The minimum absolute atomic E-state index is 0. The summed E-state index contributed by atoms with van der Waals surface area (Å²) in [5, 5.41) is 0. The van der Waals surface area contributed by atoms with Crippen molar-refractivity contribution in [2.24, 2.45) is 0 Å². The molecule has 0 bridgehead atoms. The molecule has 0 fully saturated rings. The maximum atomic E-state index is 12.8. The molecule has 0 amide bonds. The summed E-state index contributed by atoms with van der Waals surface area (Å²) >= 11 is 0. The average Bonchev–Trinajstić information content (AvgIpc) is 2.82. The first-order valence-corrected chi connectivity index (χ1v) is 14.1. The minimum atomic E-state index is -10.7. The maximum absolute atomic E-state index is 12.8. The molecule has 3 nitrogen and oxygen atoms in total. The molecule has 227 valence electrons. The van der Waals surface area contributed by atoms with Crippen molar-refractivity contribution >= 4 is 7.81 Å². The quantitative estimate of drug-likeness (QED) is 0.116. The Morgan fingerprint density at radius 3 is 1.39 bits per heavy atom. The van der Waals surface area contributed by atoms with Gasteiger partial charge in [0.15, 0.2) is 0 Å². The zero-order chi connectivity index (χ0) is 30.5. The standard InChI is InChI=1S/C18H24N2.C11H7FN.F6P.Ir/c1-17(2,3)13-7-9-19-15(11-13)16-12-14(8-10-20-16)18(4,5)6;12-10-5-3-4-9(8-10)11-6-1-2-7-13-11;1-7(2,3,4,5)6;/h7-12H,1-6H3;1-7H;;/q;2*-1;. The van der Waals surface area contributed by atoms with Crippen LogP contribution in [0.2, 0.25) is 0 Å². The van der Waals surface area contributed by atoms with E-state index in [0.29, 0.717) is 5.56 Å². The summed E-state index contributed by atoms with van der Waals surface area (Å²) in [5.74, 6) is -0.358. The summed E-state index contributed by atoms with van der Waals surface area (Å²) < 4.78 is 72.0. The molecule has 0 spiro atoms. The summed E-state index contributed by atoms with van der Waals surface area (Å²) in [7, 11) is -10.7. The summed E-state index contributed by atoms with van der Waals surface area (Å²) in [5.41, 5.74) is 6.13. The van der Waals surface area contributed by atoms with Crippen LogP contribution in [0.4, 0.5) is 29.6 Å². The van der Waals surface area contributed by atoms with Crippen LogP contribution in [-0.4, -0.2) is 15.0 Å². The van der Waals surface area contributed by atoms with Gasteiger partial charge in [0.1, 0.15) is 0 Å². The molecule has 3 aromatic heterocycles. The summed E-state index contributed by atoms with van der Waals surface area (Å²) in [6.07, 6.45) is 5.43. The molecule has 1 aromatic carbocycles. The van der Waals surface area contributed by atoms with Crippen molar-refractivity contribution in [3.63, 3.8) is 0 Å². The van der Waals surface area contributed by atoms with E-state index in [0.717, 1.165) is 17.1 Å². The van der Waals surface area contributed by atoms with Crippen LogP contribution in [0.25, 0.3) is 22.6 Å². The van der Waals surface area contributed by atoms with Gasteiger partial charge in [0, 0.05) is 44.5 Å². The van der Waals surface area contributed by atoms with Gasteiger partial charge in [0.05, 0.1) is 11.4 Å². The molecule has 0 saturated carbocycles. The van der Waals surface area contributed by atoms with Gasteiger partial charge in [-0.05, 0) is 58.0 Å². The molecular formula is C29H31F7IrN3P-2. The number of hydrogen-bond donors (Lipinski definition) is 0. The Hall–Kier alpha value is -2.74. The Kier molecular flexibility index (Phi) is 11.2. The van der Waals surface area contributed by atoms with Gasteiger partial charge < -0.3 is 4.98 Å². The Labute approximate surface area is 249 Å². The van der Waals surface area contributed by atoms with E-state index in [2.05, 4.69) is 86.8 Å². The van der Waals surface area contributed by atoms with E-state index in [-0.39, 0.29) is 36.8 Å². The average molecular weight is 778 g/mol. The molecule has 4 aromatic rings. The van der Waals surface area contributed by atoms with Crippen molar-refractivity contribution in [3.8, 4) is 22.6 Å². The number of nitrogens with zero attached hydrogens (tertiary/aromatic N) is 3. The van der Waals surface area contributed by atoms with Crippen molar-refractivity contribution in [1.82, 2.24) is 15.0 Å². The molecule has 41 heavy (non-hydrogen) atoms. The predicted octanol–water partition coefficient (Wildman–Crippen LogP) is 10.8. The van der Waals surface area contributed by atoms with E-state index < -0.39 is 7.81 Å². The molecule has 3 heterocycles. The first kappa shape index (κ1) is 36.3. The van der Waals surface area contributed by atoms with Crippen molar-refractivity contribution in [3.05, 3.63) is 102 Å². The molecule has 0 aliphatic carbocycles. The molecule has 0 N–H and O–H groups in total. The van der Waals surface area contributed by atoms with Crippen LogP contribution >= 0.6 is 7.81 Å². The minimum Gasteiger partial charge on any atom is -0.305 e. The van der Waals surface area contributed by atoms with Crippen LogP contribution in [-0.2, 0) is 30.9 Å². The SMILES string of the molecule is CC(C)(C)c1ccnc(-c2cc(C(C)(C)C)ccn2)c1.F[P-](F)(F)(F)(F)F.Fc1[c-]c(-c2ccccn2)ccc1.[Ir]. The van der Waals surface area contributed by atoms with Gasteiger partial charge in [-0.2, -0.15) is 0 Å². The first-order valence-electron chi connectivity index (χ1n) is 12.1. The second-order valence-corrected chi connectivity index (χ2v) is 12.9. The molecule has 0 aliphatic heterocycles. The monoisotopic (exact) mass is 778 g/mol. The van der Waals surface area contributed by atoms with Crippen LogP contribution in [0.3, 0.4) is 0 Å². The molecule has 1 radical (unpaired) electrons. The fourth-order valence-electron chi connectivity index (χ4n) is 3.19. The summed E-state index contributed by atoms with van der Waals surface area (Å²) in [6.45, 7) is 13.3. The topological polar surface area (TPSA) is 38.7 Å². The molecule has 0 atom stereocenters. The molecule has 0 saturated heterocycles. The van der Waals surface area contributed by atoms with Gasteiger partial charge in [0.25, 0.3) is 0 Å². The van der Waals surface area contributed by atoms with Crippen LogP contribution < -0.4 is 0 Å². The Morgan fingerprint density at radius 1 is 0.585 bits per heavy atom. The zero-order valence-corrected chi connectivity index (χ0v) is 26.6. The molecule has 4 rings (SSSR count). The summed E-state index contributed by atoms with van der Waals surface area (Å²) in [4.78, 5) is 13.1. The van der Waals surface area contributed by atoms with Gasteiger partial charge in [0.2, 0.25) is 0 Å². The van der Waals surface area contributed by atoms with Crippen LogP contribution in [0, 0.1) is 11.9 Å². The first-order chi connectivity index (χ1) is 18.0. The number of aromatic nitrogens is 3. The third-order valence-corrected chi connectivity index (χ3v) is 5.21. The van der Waals surface area contributed by atoms with Crippen molar-refractivity contribution in [2.75, 3.05) is 0 Å². The Bertz CT molecular complexity index is 1350. The molecular weight excluding hydrogens is 747 g/mol. The van der Waals surface area contributed by atoms with Gasteiger partial charge in [-0.25, -0.2) is 4.39 Å². The van der Waals surface area contributed by atoms with E-state index >= 15 is 0 Å². The van der Waals surface area contributed by atoms with Crippen LogP contribution in [0.15, 0.2) is 79.3 Å². The number of rotatable bonds is 2. The van der Waals surface area contributed by atoms with Crippen molar-refractivity contribution < 1.29 is 49.7 Å². The second-order valence-electron chi connectivity index (χ2n) is 10.9. The van der Waals surface area contributed by atoms with E-state index in [4.69, 9.17) is 0 Å². The fourth-order valence-corrected chi connectivity index (χ4v) is 3.19. The smallest absolute Gasteiger partial charge is 0.0405 e. The third kappa shape index (κ3) is 15.2. The maximum Gasteiger partial charge on any atom is 0.0405 e. The Morgan fingerprint density at radius 2 is 1.02 bits per heavy atom. The largest absolute Gasteiger partial charge is 0.305 e. The zero-order valence-electron chi connectivity index (χ0n) is 23.3. The molecule has 0 aliphatic rings. The molecule has 0 unspecified atom stereocenters.